The van der Waals surface area contributed by atoms with Gasteiger partial charge in [-0.2, -0.15) is 0 Å². The Morgan fingerprint density at radius 1 is 1.08 bits per heavy atom. The summed E-state index contributed by atoms with van der Waals surface area (Å²) < 4.78 is 28.6. The van der Waals surface area contributed by atoms with Gasteiger partial charge in [-0.3, -0.25) is 4.79 Å². The molecule has 128 valence electrons. The fourth-order valence-electron chi connectivity index (χ4n) is 1.90. The standard InChI is InChI=1S/C17H13FN2O4S/c1-22-13-6-8-14(9-7-13)23-15(21)10-25-17-20-19-16(24-17)11-2-4-12(18)5-3-11/h2-9H,10H2,1H3. The smallest absolute Gasteiger partial charge is 0.321 e. The van der Waals surface area contributed by atoms with E-state index in [1.165, 1.54) is 24.3 Å². The molecule has 1 aromatic heterocycles. The number of methoxy groups -OCH3 is 1. The van der Waals surface area contributed by atoms with Gasteiger partial charge in [0.25, 0.3) is 5.22 Å². The first-order valence-electron chi connectivity index (χ1n) is 7.21. The molecular formula is C17H13FN2O4S. The Hall–Kier alpha value is -2.87. The van der Waals surface area contributed by atoms with Crippen molar-refractivity contribution in [1.29, 1.82) is 0 Å². The number of ether oxygens (including phenoxy) is 2. The zero-order chi connectivity index (χ0) is 17.6. The Balaban J connectivity index is 1.54. The highest BCUT2D eigenvalue weighted by Gasteiger charge is 2.12. The van der Waals surface area contributed by atoms with Crippen molar-refractivity contribution >= 4 is 17.7 Å². The number of benzene rings is 2. The molecule has 1 heterocycles. The van der Waals surface area contributed by atoms with E-state index in [0.717, 1.165) is 11.8 Å². The highest BCUT2D eigenvalue weighted by atomic mass is 32.2. The highest BCUT2D eigenvalue weighted by molar-refractivity contribution is 7.99. The van der Waals surface area contributed by atoms with Crippen LogP contribution in [0, 0.1) is 5.82 Å². The molecule has 0 aliphatic carbocycles. The zero-order valence-electron chi connectivity index (χ0n) is 13.1. The topological polar surface area (TPSA) is 74.5 Å². The molecule has 0 fully saturated rings. The molecule has 0 aliphatic rings. The van der Waals surface area contributed by atoms with E-state index in [1.807, 2.05) is 0 Å². The van der Waals surface area contributed by atoms with Crippen molar-refractivity contribution in [1.82, 2.24) is 10.2 Å². The van der Waals surface area contributed by atoms with Gasteiger partial charge < -0.3 is 13.9 Å². The van der Waals surface area contributed by atoms with Crippen molar-refractivity contribution in [3.63, 3.8) is 0 Å². The van der Waals surface area contributed by atoms with Crippen LogP contribution >= 0.6 is 11.8 Å². The van der Waals surface area contributed by atoms with Crippen LogP contribution in [0.1, 0.15) is 0 Å². The number of hydrogen-bond acceptors (Lipinski definition) is 7. The maximum Gasteiger partial charge on any atom is 0.321 e. The lowest BCUT2D eigenvalue weighted by molar-refractivity contribution is -0.131. The van der Waals surface area contributed by atoms with Gasteiger partial charge in [-0.1, -0.05) is 11.8 Å². The maximum absolute atomic E-state index is 12.9. The minimum Gasteiger partial charge on any atom is -0.497 e. The summed E-state index contributed by atoms with van der Waals surface area (Å²) in [6.45, 7) is 0. The quantitative estimate of drug-likeness (QED) is 0.378. The molecule has 0 radical (unpaired) electrons. The van der Waals surface area contributed by atoms with E-state index in [2.05, 4.69) is 10.2 Å². The van der Waals surface area contributed by atoms with E-state index in [-0.39, 0.29) is 22.7 Å². The molecule has 3 aromatic rings. The van der Waals surface area contributed by atoms with Crippen LogP contribution in [0.5, 0.6) is 11.5 Å². The second kappa shape index (κ2) is 7.80. The summed E-state index contributed by atoms with van der Waals surface area (Å²) in [6.07, 6.45) is 0. The minimum atomic E-state index is -0.448. The van der Waals surface area contributed by atoms with E-state index in [9.17, 15) is 9.18 Å². The number of esters is 1. The van der Waals surface area contributed by atoms with Gasteiger partial charge in [0.15, 0.2) is 0 Å². The second-order valence-corrected chi connectivity index (χ2v) is 5.74. The molecule has 0 amide bonds. The molecule has 0 aliphatic heterocycles. The molecule has 0 unspecified atom stereocenters. The van der Waals surface area contributed by atoms with Crippen LogP contribution in [0.4, 0.5) is 4.39 Å². The number of carbonyl (C=O) groups is 1. The number of hydrogen-bond donors (Lipinski definition) is 0. The van der Waals surface area contributed by atoms with Crippen molar-refractivity contribution in [2.75, 3.05) is 12.9 Å². The highest BCUT2D eigenvalue weighted by Crippen LogP contribution is 2.24. The monoisotopic (exact) mass is 360 g/mol. The van der Waals surface area contributed by atoms with Gasteiger partial charge >= 0.3 is 5.97 Å². The SMILES string of the molecule is COc1ccc(OC(=O)CSc2nnc(-c3ccc(F)cc3)o2)cc1. The lowest BCUT2D eigenvalue weighted by Crippen LogP contribution is -2.10. The van der Waals surface area contributed by atoms with Crippen molar-refractivity contribution < 1.29 is 23.1 Å². The van der Waals surface area contributed by atoms with E-state index >= 15 is 0 Å². The van der Waals surface area contributed by atoms with Gasteiger partial charge in [0.05, 0.1) is 7.11 Å². The molecule has 0 N–H and O–H groups in total. The van der Waals surface area contributed by atoms with Crippen molar-refractivity contribution in [3.8, 4) is 23.0 Å². The van der Waals surface area contributed by atoms with Crippen molar-refractivity contribution in [2.45, 2.75) is 5.22 Å². The van der Waals surface area contributed by atoms with Gasteiger partial charge in [-0.15, -0.1) is 10.2 Å². The first-order valence-corrected chi connectivity index (χ1v) is 8.19. The van der Waals surface area contributed by atoms with Crippen LogP contribution in [-0.4, -0.2) is 29.0 Å². The number of halogens is 1. The normalized spacial score (nSPS) is 10.5. The Labute approximate surface area is 147 Å². The molecule has 2 aromatic carbocycles. The number of carbonyl (C=O) groups excluding carboxylic acids is 1. The lowest BCUT2D eigenvalue weighted by Gasteiger charge is -2.04. The fraction of sp³-hybridized carbons (Fsp3) is 0.118. The second-order valence-electron chi connectivity index (χ2n) is 4.82. The molecule has 0 bridgehead atoms. The summed E-state index contributed by atoms with van der Waals surface area (Å²) in [4.78, 5) is 11.8. The Morgan fingerprint density at radius 3 is 2.44 bits per heavy atom. The number of rotatable bonds is 6. The Bertz CT molecular complexity index is 850. The minimum absolute atomic E-state index is 0.0110. The maximum atomic E-state index is 12.9. The summed E-state index contributed by atoms with van der Waals surface area (Å²) in [5.41, 5.74) is 0.599. The molecule has 3 rings (SSSR count). The van der Waals surface area contributed by atoms with Crippen LogP contribution in [0.2, 0.25) is 0 Å². The van der Waals surface area contributed by atoms with Crippen LogP contribution in [0.25, 0.3) is 11.5 Å². The van der Waals surface area contributed by atoms with Gasteiger partial charge in [0, 0.05) is 5.56 Å². The fourth-order valence-corrected chi connectivity index (χ4v) is 2.44. The summed E-state index contributed by atoms with van der Waals surface area (Å²) >= 11 is 1.06. The van der Waals surface area contributed by atoms with Gasteiger partial charge in [0.1, 0.15) is 23.1 Å². The summed E-state index contributed by atoms with van der Waals surface area (Å²) in [5.74, 6) is 0.566. The molecule has 0 saturated carbocycles. The first-order chi connectivity index (χ1) is 12.1. The summed E-state index contributed by atoms with van der Waals surface area (Å²) in [5, 5.41) is 7.94. The molecule has 0 spiro atoms. The van der Waals surface area contributed by atoms with E-state index in [1.54, 1.807) is 31.4 Å². The number of thioether (sulfide) groups is 1. The van der Waals surface area contributed by atoms with Crippen molar-refractivity contribution in [3.05, 3.63) is 54.3 Å². The third kappa shape index (κ3) is 4.57. The Morgan fingerprint density at radius 2 is 1.76 bits per heavy atom. The predicted molar refractivity (Wildman–Crippen MR) is 89.0 cm³/mol. The van der Waals surface area contributed by atoms with Gasteiger partial charge in [-0.25, -0.2) is 4.39 Å². The predicted octanol–water partition coefficient (Wildman–Crippen LogP) is 3.58. The largest absolute Gasteiger partial charge is 0.497 e. The Kier molecular flexibility index (Phi) is 5.30. The zero-order valence-corrected chi connectivity index (χ0v) is 14.0. The number of nitrogens with zero attached hydrogens (tertiary/aromatic N) is 2. The molecule has 6 nitrogen and oxygen atoms in total. The van der Waals surface area contributed by atoms with Gasteiger partial charge in [0.2, 0.25) is 5.89 Å². The molecule has 0 atom stereocenters. The lowest BCUT2D eigenvalue weighted by atomic mass is 10.2. The molecule has 8 heteroatoms. The molecule has 0 saturated heterocycles. The third-order valence-corrected chi connectivity index (χ3v) is 3.89. The van der Waals surface area contributed by atoms with E-state index < -0.39 is 5.97 Å². The van der Waals surface area contributed by atoms with E-state index in [0.29, 0.717) is 17.1 Å². The van der Waals surface area contributed by atoms with Crippen molar-refractivity contribution in [2.24, 2.45) is 0 Å². The summed E-state index contributed by atoms with van der Waals surface area (Å²) in [6, 6.07) is 12.4. The molecule has 25 heavy (non-hydrogen) atoms. The number of aromatic nitrogens is 2. The molecular weight excluding hydrogens is 347 g/mol. The van der Waals surface area contributed by atoms with Gasteiger partial charge in [-0.05, 0) is 48.5 Å². The average Bonchev–Trinajstić information content (AvgIpc) is 3.10. The first kappa shape index (κ1) is 17.0. The van der Waals surface area contributed by atoms with Crippen LogP contribution in [-0.2, 0) is 4.79 Å². The van der Waals surface area contributed by atoms with Crippen LogP contribution in [0.15, 0.2) is 58.2 Å². The van der Waals surface area contributed by atoms with Crippen LogP contribution < -0.4 is 9.47 Å². The average molecular weight is 360 g/mol. The van der Waals surface area contributed by atoms with E-state index in [4.69, 9.17) is 13.9 Å². The summed E-state index contributed by atoms with van der Waals surface area (Å²) in [7, 11) is 1.56. The third-order valence-electron chi connectivity index (χ3n) is 3.10. The van der Waals surface area contributed by atoms with Crippen LogP contribution in [0.3, 0.4) is 0 Å².